The Morgan fingerprint density at radius 1 is 1.52 bits per heavy atom. The number of nitrogens with zero attached hydrogens (tertiary/aromatic N) is 2. The van der Waals surface area contributed by atoms with Crippen LogP contribution in [0.4, 0.5) is 5.69 Å². The van der Waals surface area contributed by atoms with E-state index in [1.165, 1.54) is 11.3 Å². The van der Waals surface area contributed by atoms with E-state index in [1.807, 2.05) is 26.0 Å². The number of aromatic nitrogens is 1. The number of aromatic hydroxyl groups is 1. The lowest BCUT2D eigenvalue weighted by atomic mass is 10.0. The molecule has 1 atom stereocenters. The molecule has 1 aromatic heterocycles. The van der Waals surface area contributed by atoms with Crippen molar-refractivity contribution in [2.24, 2.45) is 0 Å². The van der Waals surface area contributed by atoms with Crippen LogP contribution in [0.15, 0.2) is 24.4 Å². The Hall–Kier alpha value is -1.92. The van der Waals surface area contributed by atoms with Crippen molar-refractivity contribution in [3.8, 4) is 5.75 Å². The van der Waals surface area contributed by atoms with Crippen molar-refractivity contribution in [2.45, 2.75) is 32.8 Å². The summed E-state index contributed by atoms with van der Waals surface area (Å²) in [4.78, 5) is 19.4. The summed E-state index contributed by atoms with van der Waals surface area (Å²) in [6.07, 6.45) is 3.26. The Balaban J connectivity index is 1.88. The first-order valence-electron chi connectivity index (χ1n) is 7.81. The highest BCUT2D eigenvalue weighted by Gasteiger charge is 2.27. The summed E-state index contributed by atoms with van der Waals surface area (Å²) in [7, 11) is 0. The molecule has 1 N–H and O–H groups in total. The fraction of sp³-hybridized carbons (Fsp3) is 0.412. The second-order valence-corrected chi connectivity index (χ2v) is 6.57. The number of carbonyl (C=O) groups excluding carboxylic acids is 1. The van der Waals surface area contributed by atoms with Gasteiger partial charge in [-0.25, -0.2) is 4.98 Å². The number of ether oxygens (including phenoxy) is 1. The average Bonchev–Trinajstić information content (AvgIpc) is 3.04. The fourth-order valence-electron chi connectivity index (χ4n) is 2.86. The van der Waals surface area contributed by atoms with Crippen LogP contribution in [0, 0.1) is 0 Å². The van der Waals surface area contributed by atoms with Crippen LogP contribution in [0.3, 0.4) is 0 Å². The van der Waals surface area contributed by atoms with E-state index in [9.17, 15) is 9.90 Å². The smallest absolute Gasteiger partial charge is 0.270 e. The Kier molecular flexibility index (Phi) is 4.63. The van der Waals surface area contributed by atoms with Crippen molar-refractivity contribution in [2.75, 3.05) is 18.1 Å². The quantitative estimate of drug-likeness (QED) is 0.930. The number of phenolic OH excluding ortho intramolecular Hbond substituents is 1. The zero-order valence-electron chi connectivity index (χ0n) is 13.3. The zero-order valence-corrected chi connectivity index (χ0v) is 14.1. The predicted molar refractivity (Wildman–Crippen MR) is 90.3 cm³/mol. The SMILES string of the molecule is CCOC(C)c1ncc(C(=O)N2CCCc3cccc(O)c32)s1. The van der Waals surface area contributed by atoms with Crippen LogP contribution in [0.25, 0.3) is 0 Å². The molecule has 0 fully saturated rings. The maximum atomic E-state index is 12.9. The number of amides is 1. The van der Waals surface area contributed by atoms with E-state index in [1.54, 1.807) is 17.2 Å². The molecule has 3 rings (SSSR count). The molecule has 0 saturated carbocycles. The molecule has 0 bridgehead atoms. The van der Waals surface area contributed by atoms with Crippen LogP contribution in [0.5, 0.6) is 5.75 Å². The normalized spacial score (nSPS) is 15.3. The Labute approximate surface area is 139 Å². The van der Waals surface area contributed by atoms with Crippen LogP contribution >= 0.6 is 11.3 Å². The van der Waals surface area contributed by atoms with Gasteiger partial charge in [0.1, 0.15) is 21.7 Å². The minimum atomic E-state index is -0.117. The number of hydrogen-bond donors (Lipinski definition) is 1. The van der Waals surface area contributed by atoms with Gasteiger partial charge in [-0.15, -0.1) is 11.3 Å². The summed E-state index contributed by atoms with van der Waals surface area (Å²) < 4.78 is 5.52. The number of aryl methyl sites for hydroxylation is 1. The van der Waals surface area contributed by atoms with Gasteiger partial charge >= 0.3 is 0 Å². The van der Waals surface area contributed by atoms with E-state index in [0.717, 1.165) is 23.4 Å². The van der Waals surface area contributed by atoms with Crippen molar-refractivity contribution in [1.29, 1.82) is 0 Å². The standard InChI is InChI=1S/C17H20N2O3S/c1-3-22-11(2)16-18-10-14(23-16)17(21)19-9-5-7-12-6-4-8-13(20)15(12)19/h4,6,8,10-11,20H,3,5,7,9H2,1-2H3. The minimum absolute atomic E-state index is 0.111. The van der Waals surface area contributed by atoms with Gasteiger partial charge in [-0.1, -0.05) is 12.1 Å². The van der Waals surface area contributed by atoms with Crippen molar-refractivity contribution in [1.82, 2.24) is 4.98 Å². The summed E-state index contributed by atoms with van der Waals surface area (Å²) in [6.45, 7) is 5.08. The summed E-state index contributed by atoms with van der Waals surface area (Å²) in [5, 5.41) is 11.0. The molecule has 0 aliphatic carbocycles. The van der Waals surface area contributed by atoms with E-state index >= 15 is 0 Å². The van der Waals surface area contributed by atoms with Gasteiger partial charge in [0, 0.05) is 13.2 Å². The van der Waals surface area contributed by atoms with E-state index in [4.69, 9.17) is 4.74 Å². The van der Waals surface area contributed by atoms with Crippen LogP contribution in [0.2, 0.25) is 0 Å². The maximum absolute atomic E-state index is 12.9. The molecule has 0 spiro atoms. The summed E-state index contributed by atoms with van der Waals surface area (Å²) in [5.41, 5.74) is 1.65. The number of rotatable bonds is 4. The van der Waals surface area contributed by atoms with Gasteiger partial charge in [-0.05, 0) is 38.3 Å². The predicted octanol–water partition coefficient (Wildman–Crippen LogP) is 3.54. The molecule has 122 valence electrons. The lowest BCUT2D eigenvalue weighted by molar-refractivity contribution is 0.0762. The van der Waals surface area contributed by atoms with Gasteiger partial charge in [0.05, 0.1) is 11.9 Å². The summed E-state index contributed by atoms with van der Waals surface area (Å²) in [5.74, 6) is 0.0443. The number of fused-ring (bicyclic) bond motifs is 1. The molecule has 1 unspecified atom stereocenters. The highest BCUT2D eigenvalue weighted by Crippen LogP contribution is 2.37. The van der Waals surface area contributed by atoms with Crippen LogP contribution in [0.1, 0.15) is 46.6 Å². The highest BCUT2D eigenvalue weighted by molar-refractivity contribution is 7.13. The molecule has 1 amide bonds. The molecule has 2 heterocycles. The number of thiazole rings is 1. The van der Waals surface area contributed by atoms with Crippen molar-refractivity contribution in [3.05, 3.63) is 39.8 Å². The van der Waals surface area contributed by atoms with Crippen molar-refractivity contribution >= 4 is 22.9 Å². The number of para-hydroxylation sites is 1. The monoisotopic (exact) mass is 332 g/mol. The first kappa shape index (κ1) is 16.0. The van der Waals surface area contributed by atoms with Gasteiger partial charge in [-0.3, -0.25) is 4.79 Å². The van der Waals surface area contributed by atoms with E-state index in [2.05, 4.69) is 4.98 Å². The summed E-state index contributed by atoms with van der Waals surface area (Å²) in [6, 6.07) is 5.40. The number of anilines is 1. The Bertz CT molecular complexity index is 714. The van der Waals surface area contributed by atoms with Crippen LogP contribution in [-0.2, 0) is 11.2 Å². The molecule has 6 heteroatoms. The number of phenols is 1. The fourth-order valence-corrected chi connectivity index (χ4v) is 3.73. The number of carbonyl (C=O) groups is 1. The molecular weight excluding hydrogens is 312 g/mol. The molecular formula is C17H20N2O3S. The molecule has 2 aromatic rings. The number of benzene rings is 1. The van der Waals surface area contributed by atoms with Gasteiger partial charge in [0.25, 0.3) is 5.91 Å². The average molecular weight is 332 g/mol. The summed E-state index contributed by atoms with van der Waals surface area (Å²) >= 11 is 1.35. The Morgan fingerprint density at radius 2 is 2.35 bits per heavy atom. The van der Waals surface area contributed by atoms with E-state index in [0.29, 0.717) is 23.7 Å². The first-order valence-corrected chi connectivity index (χ1v) is 8.63. The molecule has 5 nitrogen and oxygen atoms in total. The minimum Gasteiger partial charge on any atom is -0.506 e. The molecule has 1 aromatic carbocycles. The zero-order chi connectivity index (χ0) is 16.4. The second-order valence-electron chi connectivity index (χ2n) is 5.51. The van der Waals surface area contributed by atoms with Crippen molar-refractivity contribution in [3.63, 3.8) is 0 Å². The van der Waals surface area contributed by atoms with Gasteiger partial charge in [0.2, 0.25) is 0 Å². The third-order valence-corrected chi connectivity index (χ3v) is 5.09. The lowest BCUT2D eigenvalue weighted by Crippen LogP contribution is -2.35. The van der Waals surface area contributed by atoms with E-state index < -0.39 is 0 Å². The number of hydrogen-bond acceptors (Lipinski definition) is 5. The molecule has 0 saturated heterocycles. The van der Waals surface area contributed by atoms with E-state index in [-0.39, 0.29) is 17.8 Å². The largest absolute Gasteiger partial charge is 0.506 e. The first-order chi connectivity index (χ1) is 11.1. The third kappa shape index (κ3) is 3.09. The lowest BCUT2D eigenvalue weighted by Gasteiger charge is -2.29. The van der Waals surface area contributed by atoms with Gasteiger partial charge < -0.3 is 14.7 Å². The maximum Gasteiger partial charge on any atom is 0.270 e. The molecule has 1 aliphatic heterocycles. The topological polar surface area (TPSA) is 62.7 Å². The molecule has 0 radical (unpaired) electrons. The molecule has 23 heavy (non-hydrogen) atoms. The highest BCUT2D eigenvalue weighted by atomic mass is 32.1. The van der Waals surface area contributed by atoms with Gasteiger partial charge in [-0.2, -0.15) is 0 Å². The molecule has 1 aliphatic rings. The van der Waals surface area contributed by atoms with Crippen LogP contribution < -0.4 is 4.90 Å². The van der Waals surface area contributed by atoms with Gasteiger partial charge in [0.15, 0.2) is 0 Å². The van der Waals surface area contributed by atoms with Crippen molar-refractivity contribution < 1.29 is 14.6 Å². The van der Waals surface area contributed by atoms with Crippen LogP contribution in [-0.4, -0.2) is 29.1 Å². The third-order valence-electron chi connectivity index (χ3n) is 3.94. The second kappa shape index (κ2) is 6.68. The Morgan fingerprint density at radius 3 is 3.13 bits per heavy atom.